The number of H-pyrrole nitrogens is 1. The van der Waals surface area contributed by atoms with Gasteiger partial charge in [-0.05, 0) is 24.3 Å². The van der Waals surface area contributed by atoms with E-state index in [2.05, 4.69) is 10.2 Å². The number of ether oxygens (including phenoxy) is 1. The summed E-state index contributed by atoms with van der Waals surface area (Å²) < 4.78 is 6.97. The van der Waals surface area contributed by atoms with Gasteiger partial charge in [-0.25, -0.2) is 0 Å². The summed E-state index contributed by atoms with van der Waals surface area (Å²) in [5.41, 5.74) is 3.43. The Balaban J connectivity index is 2.12. The molecule has 102 valence electrons. The van der Waals surface area contributed by atoms with Crippen molar-refractivity contribution in [2.45, 2.75) is 6.42 Å². The fourth-order valence-electron chi connectivity index (χ4n) is 2.31. The van der Waals surface area contributed by atoms with Crippen molar-refractivity contribution in [1.29, 1.82) is 0 Å². The Bertz CT molecular complexity index is 729. The van der Waals surface area contributed by atoms with Gasteiger partial charge in [-0.3, -0.25) is 9.89 Å². The van der Waals surface area contributed by atoms with Crippen LogP contribution in [0.15, 0.2) is 42.7 Å². The molecule has 3 heterocycles. The number of hydrogen-bond acceptors (Lipinski definition) is 3. The van der Waals surface area contributed by atoms with Gasteiger partial charge in [0.15, 0.2) is 5.78 Å². The molecule has 0 aliphatic heterocycles. The molecule has 0 atom stereocenters. The van der Waals surface area contributed by atoms with Crippen molar-refractivity contribution in [3.8, 4) is 11.4 Å². The number of rotatable bonds is 5. The topological polar surface area (TPSA) is 59.4 Å². The number of carbonyl (C=O) groups is 1. The number of pyridine rings is 1. The van der Waals surface area contributed by atoms with E-state index < -0.39 is 0 Å². The van der Waals surface area contributed by atoms with E-state index in [0.29, 0.717) is 18.6 Å². The zero-order chi connectivity index (χ0) is 13.9. The average Bonchev–Trinajstić information content (AvgIpc) is 3.11. The highest BCUT2D eigenvalue weighted by atomic mass is 16.5. The summed E-state index contributed by atoms with van der Waals surface area (Å²) in [6, 6.07) is 9.61. The van der Waals surface area contributed by atoms with Crippen LogP contribution in [0.1, 0.15) is 16.8 Å². The summed E-state index contributed by atoms with van der Waals surface area (Å²) >= 11 is 0. The third kappa shape index (κ3) is 2.12. The van der Waals surface area contributed by atoms with Crippen molar-refractivity contribution in [2.75, 3.05) is 13.7 Å². The lowest BCUT2D eigenvalue weighted by Crippen LogP contribution is -2.02. The molecule has 5 heteroatoms. The van der Waals surface area contributed by atoms with E-state index in [1.54, 1.807) is 13.3 Å². The highest BCUT2D eigenvalue weighted by Gasteiger charge is 2.16. The normalized spacial score (nSPS) is 11.1. The minimum Gasteiger partial charge on any atom is -0.384 e. The van der Waals surface area contributed by atoms with E-state index in [9.17, 15) is 4.79 Å². The molecule has 20 heavy (non-hydrogen) atoms. The van der Waals surface area contributed by atoms with Crippen LogP contribution >= 0.6 is 0 Å². The molecule has 3 aromatic rings. The molecule has 0 radical (unpaired) electrons. The summed E-state index contributed by atoms with van der Waals surface area (Å²) in [5.74, 6) is 0.0846. The molecular weight excluding hydrogens is 254 g/mol. The third-order valence-corrected chi connectivity index (χ3v) is 3.29. The maximum absolute atomic E-state index is 12.3. The molecule has 0 aromatic carbocycles. The number of nitrogens with zero attached hydrogens (tertiary/aromatic N) is 2. The quantitative estimate of drug-likeness (QED) is 0.724. The lowest BCUT2D eigenvalue weighted by Gasteiger charge is -2.00. The van der Waals surface area contributed by atoms with Gasteiger partial charge < -0.3 is 9.14 Å². The maximum atomic E-state index is 12.3. The van der Waals surface area contributed by atoms with Crippen LogP contribution in [0.5, 0.6) is 0 Å². The Morgan fingerprint density at radius 1 is 1.40 bits per heavy atom. The van der Waals surface area contributed by atoms with Crippen LogP contribution < -0.4 is 0 Å². The standard InChI is InChI=1S/C15H15N3O2/c1-20-9-6-15(19)11-10-14(12-5-7-16-17-12)18-8-3-2-4-13(11)18/h2-5,7-8,10H,6,9H2,1H3,(H,16,17). The fraction of sp³-hybridized carbons (Fsp3) is 0.200. The molecule has 3 aromatic heterocycles. The number of fused-ring (bicyclic) bond motifs is 1. The Morgan fingerprint density at radius 2 is 2.30 bits per heavy atom. The summed E-state index contributed by atoms with van der Waals surface area (Å²) in [7, 11) is 1.60. The molecule has 5 nitrogen and oxygen atoms in total. The molecule has 0 unspecified atom stereocenters. The molecule has 0 saturated heterocycles. The van der Waals surface area contributed by atoms with E-state index in [1.165, 1.54) is 0 Å². The number of Topliss-reactive ketones (excluding diaryl/α,β-unsaturated/α-hetero) is 1. The smallest absolute Gasteiger partial charge is 0.167 e. The van der Waals surface area contributed by atoms with E-state index >= 15 is 0 Å². The van der Waals surface area contributed by atoms with Gasteiger partial charge in [-0.1, -0.05) is 6.07 Å². The second kappa shape index (κ2) is 5.30. The number of carbonyl (C=O) groups excluding carboxylic acids is 1. The molecule has 0 fully saturated rings. The predicted octanol–water partition coefficient (Wildman–Crippen LogP) is 2.55. The average molecular weight is 269 g/mol. The van der Waals surface area contributed by atoms with Gasteiger partial charge in [0.2, 0.25) is 0 Å². The van der Waals surface area contributed by atoms with Gasteiger partial charge in [0.05, 0.1) is 23.5 Å². The third-order valence-electron chi connectivity index (χ3n) is 3.29. The number of ketones is 1. The number of nitrogens with one attached hydrogen (secondary N) is 1. The molecule has 3 rings (SSSR count). The maximum Gasteiger partial charge on any atom is 0.167 e. The predicted molar refractivity (Wildman–Crippen MR) is 75.8 cm³/mol. The van der Waals surface area contributed by atoms with Crippen molar-refractivity contribution < 1.29 is 9.53 Å². The van der Waals surface area contributed by atoms with E-state index in [1.807, 2.05) is 40.9 Å². The Labute approximate surface area is 116 Å². The van der Waals surface area contributed by atoms with Crippen molar-refractivity contribution in [3.63, 3.8) is 0 Å². The first-order chi connectivity index (χ1) is 9.81. The van der Waals surface area contributed by atoms with Gasteiger partial charge >= 0.3 is 0 Å². The van der Waals surface area contributed by atoms with Crippen LogP contribution in [0.25, 0.3) is 16.9 Å². The highest BCUT2D eigenvalue weighted by molar-refractivity contribution is 6.04. The van der Waals surface area contributed by atoms with Crippen LogP contribution in [0.3, 0.4) is 0 Å². The largest absolute Gasteiger partial charge is 0.384 e. The van der Waals surface area contributed by atoms with Crippen LogP contribution in [0.4, 0.5) is 0 Å². The Hall–Kier alpha value is -2.40. The molecule has 1 N–H and O–H groups in total. The molecular formula is C15H15N3O2. The second-order valence-electron chi connectivity index (χ2n) is 4.54. The van der Waals surface area contributed by atoms with Crippen molar-refractivity contribution in [2.24, 2.45) is 0 Å². The van der Waals surface area contributed by atoms with Gasteiger partial charge in [0, 0.05) is 31.5 Å². The van der Waals surface area contributed by atoms with Crippen LogP contribution in [0.2, 0.25) is 0 Å². The highest BCUT2D eigenvalue weighted by Crippen LogP contribution is 2.25. The van der Waals surface area contributed by atoms with Gasteiger partial charge in [-0.2, -0.15) is 5.10 Å². The molecule has 0 aliphatic rings. The Morgan fingerprint density at radius 3 is 3.05 bits per heavy atom. The van der Waals surface area contributed by atoms with Crippen molar-refractivity contribution in [3.05, 3.63) is 48.3 Å². The second-order valence-corrected chi connectivity index (χ2v) is 4.54. The van der Waals surface area contributed by atoms with Gasteiger partial charge in [0.25, 0.3) is 0 Å². The summed E-state index contributed by atoms with van der Waals surface area (Å²) in [6.07, 6.45) is 4.02. The van der Waals surface area contributed by atoms with Crippen LogP contribution in [-0.4, -0.2) is 34.1 Å². The monoisotopic (exact) mass is 269 g/mol. The number of methoxy groups -OCH3 is 1. The SMILES string of the molecule is COCCC(=O)c1cc(-c2ccn[nH]2)n2ccccc12. The van der Waals surface area contributed by atoms with Crippen molar-refractivity contribution in [1.82, 2.24) is 14.6 Å². The first-order valence-electron chi connectivity index (χ1n) is 6.43. The molecule has 0 aliphatic carbocycles. The van der Waals surface area contributed by atoms with Crippen LogP contribution in [-0.2, 0) is 4.74 Å². The first-order valence-corrected chi connectivity index (χ1v) is 6.43. The van der Waals surface area contributed by atoms with Gasteiger partial charge in [0.1, 0.15) is 0 Å². The summed E-state index contributed by atoms with van der Waals surface area (Å²) in [4.78, 5) is 12.3. The summed E-state index contributed by atoms with van der Waals surface area (Å²) in [5, 5.41) is 6.90. The van der Waals surface area contributed by atoms with Crippen LogP contribution in [0, 0.1) is 0 Å². The molecule has 0 saturated carbocycles. The zero-order valence-corrected chi connectivity index (χ0v) is 11.2. The Kier molecular flexibility index (Phi) is 3.35. The summed E-state index contributed by atoms with van der Waals surface area (Å²) in [6.45, 7) is 0.433. The zero-order valence-electron chi connectivity index (χ0n) is 11.2. The first kappa shape index (κ1) is 12.6. The van der Waals surface area contributed by atoms with E-state index in [4.69, 9.17) is 4.74 Å². The minimum atomic E-state index is 0.0846. The lowest BCUT2D eigenvalue weighted by molar-refractivity contribution is 0.0934. The minimum absolute atomic E-state index is 0.0846. The lowest BCUT2D eigenvalue weighted by atomic mass is 10.1. The van der Waals surface area contributed by atoms with E-state index in [0.717, 1.165) is 16.9 Å². The fourth-order valence-corrected chi connectivity index (χ4v) is 2.31. The molecule has 0 spiro atoms. The molecule has 0 bridgehead atoms. The van der Waals surface area contributed by atoms with Crippen molar-refractivity contribution >= 4 is 11.3 Å². The van der Waals surface area contributed by atoms with E-state index in [-0.39, 0.29) is 5.78 Å². The number of aromatic nitrogens is 3. The number of hydrogen-bond donors (Lipinski definition) is 1. The van der Waals surface area contributed by atoms with Gasteiger partial charge in [-0.15, -0.1) is 0 Å². The molecule has 0 amide bonds. The number of aromatic amines is 1.